The Morgan fingerprint density at radius 3 is 2.66 bits per heavy atom. The van der Waals surface area contributed by atoms with Gasteiger partial charge in [0, 0.05) is 24.4 Å². The molecule has 0 saturated heterocycles. The molecule has 1 aliphatic rings. The average Bonchev–Trinajstić information content (AvgIpc) is 3.34. The summed E-state index contributed by atoms with van der Waals surface area (Å²) < 4.78 is 16.3. The molecular weight excluding hydrogens is 446 g/mol. The van der Waals surface area contributed by atoms with E-state index in [0.29, 0.717) is 44.1 Å². The van der Waals surface area contributed by atoms with Crippen LogP contribution >= 0.6 is 0 Å². The quantitative estimate of drug-likeness (QED) is 0.326. The Kier molecular flexibility index (Phi) is 8.45. The molecule has 0 unspecified atom stereocenters. The maximum atomic E-state index is 12.3. The molecule has 3 aromatic rings. The second-order valence-electron chi connectivity index (χ2n) is 8.27. The summed E-state index contributed by atoms with van der Waals surface area (Å²) in [6, 6.07) is 14.2. The Bertz CT molecular complexity index is 1130. The third-order valence-electron chi connectivity index (χ3n) is 5.84. The van der Waals surface area contributed by atoms with Crippen molar-refractivity contribution in [1.82, 2.24) is 20.6 Å². The zero-order chi connectivity index (χ0) is 24.5. The van der Waals surface area contributed by atoms with Crippen LogP contribution in [-0.4, -0.2) is 60.1 Å². The summed E-state index contributed by atoms with van der Waals surface area (Å²) in [6.45, 7) is 5.15. The zero-order valence-corrected chi connectivity index (χ0v) is 20.2. The molecule has 2 heterocycles. The van der Waals surface area contributed by atoms with Crippen LogP contribution in [0.25, 0.3) is 17.2 Å². The van der Waals surface area contributed by atoms with E-state index in [1.807, 2.05) is 30.3 Å². The van der Waals surface area contributed by atoms with Gasteiger partial charge < -0.3 is 19.1 Å². The number of aromatic nitrogens is 4. The molecule has 0 radical (unpaired) electrons. The van der Waals surface area contributed by atoms with Gasteiger partial charge in [-0.05, 0) is 59.9 Å². The summed E-state index contributed by atoms with van der Waals surface area (Å²) in [5, 5.41) is 14.3. The van der Waals surface area contributed by atoms with E-state index in [2.05, 4.69) is 50.6 Å². The van der Waals surface area contributed by atoms with Crippen molar-refractivity contribution in [2.45, 2.75) is 32.7 Å². The highest BCUT2D eigenvalue weighted by atomic mass is 16.5. The molecule has 35 heavy (non-hydrogen) atoms. The van der Waals surface area contributed by atoms with Crippen LogP contribution in [0.5, 0.6) is 5.75 Å². The Balaban J connectivity index is 1.51. The van der Waals surface area contributed by atoms with Crippen molar-refractivity contribution in [3.63, 3.8) is 0 Å². The Labute approximate surface area is 205 Å². The molecule has 2 aromatic carbocycles. The van der Waals surface area contributed by atoms with E-state index in [0.717, 1.165) is 47.6 Å². The van der Waals surface area contributed by atoms with Gasteiger partial charge in [-0.2, -0.15) is 5.21 Å². The molecule has 9 nitrogen and oxygen atoms in total. The molecule has 0 bridgehead atoms. The van der Waals surface area contributed by atoms with Crippen LogP contribution in [0.2, 0.25) is 0 Å². The maximum absolute atomic E-state index is 12.3. The maximum Gasteiger partial charge on any atom is 0.333 e. The van der Waals surface area contributed by atoms with Gasteiger partial charge in [-0.3, -0.25) is 0 Å². The number of tetrazole rings is 1. The van der Waals surface area contributed by atoms with Crippen molar-refractivity contribution in [3.8, 4) is 16.9 Å². The van der Waals surface area contributed by atoms with E-state index in [4.69, 9.17) is 14.2 Å². The fourth-order valence-electron chi connectivity index (χ4n) is 3.96. The molecule has 0 atom stereocenters. The van der Waals surface area contributed by atoms with Gasteiger partial charge in [0.05, 0.1) is 20.3 Å². The first-order valence-electron chi connectivity index (χ1n) is 11.9. The summed E-state index contributed by atoms with van der Waals surface area (Å²) in [5.74, 6) is 1.08. The zero-order valence-electron chi connectivity index (χ0n) is 20.2. The van der Waals surface area contributed by atoms with Crippen molar-refractivity contribution < 1.29 is 19.0 Å². The lowest BCUT2D eigenvalue weighted by molar-refractivity contribution is -0.136. The SMILES string of the molecule is CCCCOCCOc1ccc(-c2ccc3c(c2)C=C(C(=O)OC)CCN3Cc2nn[nH]n2)cc1. The Morgan fingerprint density at radius 2 is 1.91 bits per heavy atom. The van der Waals surface area contributed by atoms with Gasteiger partial charge >= 0.3 is 5.97 Å². The molecule has 1 N–H and O–H groups in total. The normalized spacial score (nSPS) is 13.1. The summed E-state index contributed by atoms with van der Waals surface area (Å²) in [5.41, 5.74) is 4.67. The minimum Gasteiger partial charge on any atom is -0.491 e. The van der Waals surface area contributed by atoms with Gasteiger partial charge in [-0.1, -0.05) is 36.8 Å². The first-order chi connectivity index (χ1) is 17.2. The average molecular weight is 478 g/mol. The van der Waals surface area contributed by atoms with Crippen LogP contribution in [0.15, 0.2) is 48.0 Å². The van der Waals surface area contributed by atoms with Crippen molar-refractivity contribution in [2.75, 3.05) is 38.4 Å². The number of benzene rings is 2. The minimum absolute atomic E-state index is 0.317. The summed E-state index contributed by atoms with van der Waals surface area (Å²) >= 11 is 0. The second-order valence-corrected chi connectivity index (χ2v) is 8.27. The van der Waals surface area contributed by atoms with Crippen molar-refractivity contribution in [1.29, 1.82) is 0 Å². The van der Waals surface area contributed by atoms with E-state index in [-0.39, 0.29) is 5.97 Å². The lowest BCUT2D eigenvalue weighted by Gasteiger charge is -2.24. The van der Waals surface area contributed by atoms with Gasteiger partial charge in [0.1, 0.15) is 12.4 Å². The summed E-state index contributed by atoms with van der Waals surface area (Å²) in [4.78, 5) is 14.5. The first kappa shape index (κ1) is 24.4. The number of rotatable bonds is 11. The van der Waals surface area contributed by atoms with Gasteiger partial charge in [-0.15, -0.1) is 10.2 Å². The summed E-state index contributed by atoms with van der Waals surface area (Å²) in [6.07, 6.45) is 4.67. The molecule has 0 amide bonds. The lowest BCUT2D eigenvalue weighted by atomic mass is 10.00. The fraction of sp³-hybridized carbons (Fsp3) is 0.385. The predicted octanol–water partition coefficient (Wildman–Crippen LogP) is 4.03. The molecule has 9 heteroatoms. The van der Waals surface area contributed by atoms with E-state index in [1.165, 1.54) is 7.11 Å². The number of methoxy groups -OCH3 is 1. The highest BCUT2D eigenvalue weighted by Gasteiger charge is 2.21. The number of carbonyl (C=O) groups is 1. The van der Waals surface area contributed by atoms with E-state index in [1.54, 1.807) is 0 Å². The summed E-state index contributed by atoms with van der Waals surface area (Å²) in [7, 11) is 1.41. The molecule has 184 valence electrons. The number of hydrogen-bond donors (Lipinski definition) is 1. The highest BCUT2D eigenvalue weighted by Crippen LogP contribution is 2.33. The smallest absolute Gasteiger partial charge is 0.333 e. The largest absolute Gasteiger partial charge is 0.491 e. The number of H-pyrrole nitrogens is 1. The second kappa shape index (κ2) is 12.1. The van der Waals surface area contributed by atoms with Crippen LogP contribution in [0.4, 0.5) is 5.69 Å². The monoisotopic (exact) mass is 477 g/mol. The molecule has 0 aliphatic carbocycles. The van der Waals surface area contributed by atoms with Crippen LogP contribution in [0.1, 0.15) is 37.6 Å². The molecule has 1 aliphatic heterocycles. The molecular formula is C26H31N5O4. The molecule has 0 spiro atoms. The third-order valence-corrected chi connectivity index (χ3v) is 5.84. The number of unbranched alkanes of at least 4 members (excludes halogenated alkanes) is 1. The predicted molar refractivity (Wildman–Crippen MR) is 133 cm³/mol. The van der Waals surface area contributed by atoms with E-state index >= 15 is 0 Å². The van der Waals surface area contributed by atoms with Crippen LogP contribution in [-0.2, 0) is 20.8 Å². The van der Waals surface area contributed by atoms with Gasteiger partial charge in [0.25, 0.3) is 0 Å². The van der Waals surface area contributed by atoms with Crippen LogP contribution in [0, 0.1) is 0 Å². The number of anilines is 1. The van der Waals surface area contributed by atoms with E-state index in [9.17, 15) is 4.79 Å². The van der Waals surface area contributed by atoms with E-state index < -0.39 is 0 Å². The fourth-order valence-corrected chi connectivity index (χ4v) is 3.96. The molecule has 1 aromatic heterocycles. The lowest BCUT2D eigenvalue weighted by Crippen LogP contribution is -2.25. The van der Waals surface area contributed by atoms with Gasteiger partial charge in [-0.25, -0.2) is 4.79 Å². The highest BCUT2D eigenvalue weighted by molar-refractivity contribution is 5.96. The molecule has 4 rings (SSSR count). The van der Waals surface area contributed by atoms with Crippen LogP contribution < -0.4 is 9.64 Å². The number of carbonyl (C=O) groups excluding carboxylic acids is 1. The number of aromatic amines is 1. The number of hydrogen-bond acceptors (Lipinski definition) is 8. The topological polar surface area (TPSA) is 102 Å². The van der Waals surface area contributed by atoms with Gasteiger partial charge in [0.2, 0.25) is 0 Å². The number of nitrogens with one attached hydrogen (secondary N) is 1. The van der Waals surface area contributed by atoms with Crippen molar-refractivity contribution >= 4 is 17.7 Å². The molecule has 0 fully saturated rings. The number of fused-ring (bicyclic) bond motifs is 1. The van der Waals surface area contributed by atoms with Gasteiger partial charge in [0.15, 0.2) is 5.82 Å². The number of esters is 1. The minimum atomic E-state index is -0.317. The Hall–Kier alpha value is -3.72. The van der Waals surface area contributed by atoms with Crippen molar-refractivity contribution in [3.05, 3.63) is 59.4 Å². The molecule has 0 saturated carbocycles. The van der Waals surface area contributed by atoms with Crippen LogP contribution in [0.3, 0.4) is 0 Å². The third kappa shape index (κ3) is 6.45. The number of ether oxygens (including phenoxy) is 3. The standard InChI is InChI=1S/C26H31N5O4/c1-3-4-13-34-14-15-35-23-8-5-19(6-9-23)20-7-10-24-22(16-20)17-21(26(32)33-2)11-12-31(24)18-25-27-29-30-28-25/h5-10,16-17H,3-4,11-15,18H2,1-2H3,(H,27,28,29,30). The van der Waals surface area contributed by atoms with Crippen molar-refractivity contribution in [2.24, 2.45) is 0 Å². The number of nitrogens with zero attached hydrogens (tertiary/aromatic N) is 4. The first-order valence-corrected chi connectivity index (χ1v) is 11.9. The Morgan fingerprint density at radius 1 is 1.09 bits per heavy atom.